The van der Waals surface area contributed by atoms with Crippen LogP contribution in [0.5, 0.6) is 0 Å². The number of para-hydroxylation sites is 1. The van der Waals surface area contributed by atoms with E-state index >= 15 is 0 Å². The molecular weight excluding hydrogens is 316 g/mol. The van der Waals surface area contributed by atoms with E-state index in [9.17, 15) is 9.59 Å². The highest BCUT2D eigenvalue weighted by atomic mass is 16.2. The summed E-state index contributed by atoms with van der Waals surface area (Å²) < 4.78 is 0. The maximum absolute atomic E-state index is 12.1. The van der Waals surface area contributed by atoms with Crippen LogP contribution < -0.4 is 15.5 Å². The quantitative estimate of drug-likeness (QED) is 0.829. The molecule has 1 aromatic carbocycles. The fraction of sp³-hybridized carbons (Fsp3) is 0.579. The van der Waals surface area contributed by atoms with Crippen molar-refractivity contribution in [1.29, 1.82) is 0 Å². The predicted octanol–water partition coefficient (Wildman–Crippen LogP) is 2.13. The van der Waals surface area contributed by atoms with Gasteiger partial charge in [0.1, 0.15) is 0 Å². The number of anilines is 1. The van der Waals surface area contributed by atoms with Crippen molar-refractivity contribution in [2.75, 3.05) is 37.6 Å². The summed E-state index contributed by atoms with van der Waals surface area (Å²) in [6.07, 6.45) is 1.63. The third-order valence-electron chi connectivity index (χ3n) is 4.78. The van der Waals surface area contributed by atoms with E-state index in [1.807, 2.05) is 17.0 Å². The average Bonchev–Trinajstić information content (AvgIpc) is 2.60. The molecule has 0 radical (unpaired) electrons. The summed E-state index contributed by atoms with van der Waals surface area (Å²) in [5, 5.41) is 5.96. The Morgan fingerprint density at radius 1 is 1.24 bits per heavy atom. The first-order chi connectivity index (χ1) is 12.0. The van der Waals surface area contributed by atoms with Crippen LogP contribution in [-0.4, -0.2) is 55.6 Å². The molecule has 138 valence electrons. The zero-order valence-corrected chi connectivity index (χ0v) is 15.5. The lowest BCUT2D eigenvalue weighted by molar-refractivity contribution is -0.129. The fourth-order valence-electron chi connectivity index (χ4n) is 3.25. The molecule has 3 amide bonds. The van der Waals surface area contributed by atoms with Crippen LogP contribution in [0, 0.1) is 6.92 Å². The van der Waals surface area contributed by atoms with Crippen LogP contribution in [0.4, 0.5) is 10.5 Å². The van der Waals surface area contributed by atoms with E-state index in [4.69, 9.17) is 0 Å². The van der Waals surface area contributed by atoms with Gasteiger partial charge in [-0.1, -0.05) is 18.2 Å². The van der Waals surface area contributed by atoms with Crippen LogP contribution in [0.3, 0.4) is 0 Å². The number of piperidine rings is 1. The van der Waals surface area contributed by atoms with E-state index < -0.39 is 0 Å². The molecule has 1 aliphatic rings. The van der Waals surface area contributed by atoms with Crippen molar-refractivity contribution < 1.29 is 9.59 Å². The van der Waals surface area contributed by atoms with Crippen LogP contribution >= 0.6 is 0 Å². The Morgan fingerprint density at radius 2 is 1.92 bits per heavy atom. The Hall–Kier alpha value is -2.24. The van der Waals surface area contributed by atoms with Gasteiger partial charge in [-0.15, -0.1) is 0 Å². The second-order valence-electron chi connectivity index (χ2n) is 6.55. The predicted molar refractivity (Wildman–Crippen MR) is 101 cm³/mol. The lowest BCUT2D eigenvalue weighted by atomic mass is 10.1. The molecule has 0 aromatic heterocycles. The second kappa shape index (κ2) is 9.30. The van der Waals surface area contributed by atoms with Crippen molar-refractivity contribution in [2.45, 2.75) is 39.7 Å². The normalized spacial score (nSPS) is 14.9. The molecule has 2 N–H and O–H groups in total. The van der Waals surface area contributed by atoms with E-state index in [0.29, 0.717) is 6.54 Å². The second-order valence-corrected chi connectivity index (χ2v) is 6.55. The van der Waals surface area contributed by atoms with Crippen molar-refractivity contribution in [3.8, 4) is 0 Å². The van der Waals surface area contributed by atoms with Gasteiger partial charge < -0.3 is 20.4 Å². The molecule has 6 nitrogen and oxygen atoms in total. The number of carbonyl (C=O) groups excluding carboxylic acids is 2. The minimum atomic E-state index is -0.123. The largest absolute Gasteiger partial charge is 0.370 e. The first kappa shape index (κ1) is 19.1. The minimum absolute atomic E-state index is 0.110. The first-order valence-corrected chi connectivity index (χ1v) is 9.11. The number of likely N-dealkylation sites (N-methyl/N-ethyl adjacent to an activating group) is 1. The molecule has 0 saturated carbocycles. The molecule has 1 fully saturated rings. The zero-order valence-electron chi connectivity index (χ0n) is 15.5. The van der Waals surface area contributed by atoms with E-state index in [2.05, 4.69) is 41.5 Å². The summed E-state index contributed by atoms with van der Waals surface area (Å²) in [5.74, 6) is 0.110. The molecule has 0 atom stereocenters. The van der Waals surface area contributed by atoms with Crippen LogP contribution in [-0.2, 0) is 4.79 Å². The smallest absolute Gasteiger partial charge is 0.315 e. The van der Waals surface area contributed by atoms with Gasteiger partial charge in [0, 0.05) is 51.4 Å². The Balaban J connectivity index is 1.71. The van der Waals surface area contributed by atoms with Gasteiger partial charge in [0.05, 0.1) is 0 Å². The van der Waals surface area contributed by atoms with Gasteiger partial charge in [0.25, 0.3) is 0 Å². The molecule has 2 rings (SSSR count). The van der Waals surface area contributed by atoms with Gasteiger partial charge in [0.2, 0.25) is 5.91 Å². The molecule has 1 aliphatic heterocycles. The highest BCUT2D eigenvalue weighted by Gasteiger charge is 2.21. The Kier molecular flexibility index (Phi) is 7.10. The first-order valence-electron chi connectivity index (χ1n) is 9.11. The SMILES string of the molecule is CCN(CCNC(=O)NC1CCN(C(C)=O)CC1)c1ccccc1C. The van der Waals surface area contributed by atoms with Crippen LogP contribution in [0.2, 0.25) is 0 Å². The summed E-state index contributed by atoms with van der Waals surface area (Å²) in [7, 11) is 0. The number of urea groups is 1. The molecule has 25 heavy (non-hydrogen) atoms. The zero-order chi connectivity index (χ0) is 18.2. The van der Waals surface area contributed by atoms with Crippen LogP contribution in [0.1, 0.15) is 32.3 Å². The standard InChI is InChI=1S/C19H30N4O2/c1-4-22(18-8-6-5-7-15(18)2)14-11-20-19(25)21-17-9-12-23(13-10-17)16(3)24/h5-8,17H,4,9-14H2,1-3H3,(H2,20,21,25). The molecule has 1 saturated heterocycles. The van der Waals surface area contributed by atoms with Crippen molar-refractivity contribution in [2.24, 2.45) is 0 Å². The average molecular weight is 346 g/mol. The van der Waals surface area contributed by atoms with Crippen LogP contribution in [0.25, 0.3) is 0 Å². The van der Waals surface area contributed by atoms with Gasteiger partial charge in [0.15, 0.2) is 0 Å². The van der Waals surface area contributed by atoms with Crippen LogP contribution in [0.15, 0.2) is 24.3 Å². The number of nitrogens with one attached hydrogen (secondary N) is 2. The molecule has 1 aromatic rings. The van der Waals surface area contributed by atoms with E-state index in [0.717, 1.165) is 39.0 Å². The number of aryl methyl sites for hydroxylation is 1. The number of benzene rings is 1. The van der Waals surface area contributed by atoms with Gasteiger partial charge in [-0.2, -0.15) is 0 Å². The number of amides is 3. The number of carbonyl (C=O) groups is 2. The van der Waals surface area contributed by atoms with Crippen molar-refractivity contribution in [1.82, 2.24) is 15.5 Å². The Bertz CT molecular complexity index is 583. The Labute approximate surface area is 150 Å². The topological polar surface area (TPSA) is 64.7 Å². The van der Waals surface area contributed by atoms with E-state index in [1.54, 1.807) is 6.92 Å². The molecule has 1 heterocycles. The van der Waals surface area contributed by atoms with Gasteiger partial charge in [-0.25, -0.2) is 4.79 Å². The summed E-state index contributed by atoms with van der Waals surface area (Å²) >= 11 is 0. The maximum Gasteiger partial charge on any atom is 0.315 e. The molecule has 6 heteroatoms. The summed E-state index contributed by atoms with van der Waals surface area (Å²) in [6.45, 7) is 9.53. The molecule has 0 bridgehead atoms. The summed E-state index contributed by atoms with van der Waals surface area (Å²) in [5.41, 5.74) is 2.45. The van der Waals surface area contributed by atoms with Gasteiger partial charge in [-0.05, 0) is 38.3 Å². The summed E-state index contributed by atoms with van der Waals surface area (Å²) in [6, 6.07) is 8.32. The number of hydrogen-bond donors (Lipinski definition) is 2. The van der Waals surface area contributed by atoms with E-state index in [-0.39, 0.29) is 18.0 Å². The third kappa shape index (κ3) is 5.66. The lowest BCUT2D eigenvalue weighted by Gasteiger charge is -2.31. The highest BCUT2D eigenvalue weighted by Crippen LogP contribution is 2.18. The van der Waals surface area contributed by atoms with Crippen molar-refractivity contribution in [3.63, 3.8) is 0 Å². The highest BCUT2D eigenvalue weighted by molar-refractivity contribution is 5.75. The molecular formula is C19H30N4O2. The Morgan fingerprint density at radius 3 is 2.52 bits per heavy atom. The fourth-order valence-corrected chi connectivity index (χ4v) is 3.25. The molecule has 0 spiro atoms. The summed E-state index contributed by atoms with van der Waals surface area (Å²) in [4.78, 5) is 27.5. The monoisotopic (exact) mass is 346 g/mol. The number of hydrogen-bond acceptors (Lipinski definition) is 3. The van der Waals surface area contributed by atoms with Crippen molar-refractivity contribution >= 4 is 17.6 Å². The maximum atomic E-state index is 12.1. The number of likely N-dealkylation sites (tertiary alicyclic amines) is 1. The van der Waals surface area contributed by atoms with Gasteiger partial charge in [-0.3, -0.25) is 4.79 Å². The third-order valence-corrected chi connectivity index (χ3v) is 4.78. The number of nitrogens with zero attached hydrogens (tertiary/aromatic N) is 2. The number of rotatable bonds is 6. The van der Waals surface area contributed by atoms with E-state index in [1.165, 1.54) is 11.3 Å². The minimum Gasteiger partial charge on any atom is -0.370 e. The lowest BCUT2D eigenvalue weighted by Crippen LogP contribution is -2.49. The molecule has 0 unspecified atom stereocenters. The van der Waals surface area contributed by atoms with Gasteiger partial charge >= 0.3 is 6.03 Å². The molecule has 0 aliphatic carbocycles. The van der Waals surface area contributed by atoms with Crippen molar-refractivity contribution in [3.05, 3.63) is 29.8 Å².